The van der Waals surface area contributed by atoms with Crippen LogP contribution in [0.15, 0.2) is 24.3 Å². The summed E-state index contributed by atoms with van der Waals surface area (Å²) in [7, 11) is 0. The van der Waals surface area contributed by atoms with Gasteiger partial charge in [0.1, 0.15) is 5.78 Å². The van der Waals surface area contributed by atoms with E-state index in [9.17, 15) is 4.79 Å². The van der Waals surface area contributed by atoms with E-state index in [4.69, 9.17) is 0 Å². The summed E-state index contributed by atoms with van der Waals surface area (Å²) >= 11 is 0. The number of hydrogen-bond donors (Lipinski definition) is 0. The van der Waals surface area contributed by atoms with Crippen LogP contribution < -0.4 is 0 Å². The predicted molar refractivity (Wildman–Crippen MR) is 79.2 cm³/mol. The zero-order valence-corrected chi connectivity index (χ0v) is 12.4. The lowest BCUT2D eigenvalue weighted by Gasteiger charge is -2.31. The standard InChI is InChI=1S/C17H25NO/c1-13(2)16-8-6-15(7-9-16)11-18-10-4-5-17(12-18)14(3)19/h6-9,13,17H,4-5,10-12H2,1-3H3. The van der Waals surface area contributed by atoms with Crippen molar-refractivity contribution in [2.45, 2.75) is 46.1 Å². The van der Waals surface area contributed by atoms with E-state index in [2.05, 4.69) is 43.0 Å². The third-order valence-corrected chi connectivity index (χ3v) is 4.13. The summed E-state index contributed by atoms with van der Waals surface area (Å²) in [4.78, 5) is 13.9. The van der Waals surface area contributed by atoms with Gasteiger partial charge in [0, 0.05) is 19.0 Å². The number of likely N-dealkylation sites (tertiary alicyclic amines) is 1. The molecule has 0 aliphatic carbocycles. The Morgan fingerprint density at radius 3 is 2.58 bits per heavy atom. The number of carbonyl (C=O) groups is 1. The molecule has 1 aromatic rings. The highest BCUT2D eigenvalue weighted by molar-refractivity contribution is 5.78. The Labute approximate surface area is 116 Å². The van der Waals surface area contributed by atoms with Crippen LogP contribution in [0.4, 0.5) is 0 Å². The van der Waals surface area contributed by atoms with Crippen molar-refractivity contribution in [3.8, 4) is 0 Å². The van der Waals surface area contributed by atoms with Crippen LogP contribution >= 0.6 is 0 Å². The molecule has 0 N–H and O–H groups in total. The van der Waals surface area contributed by atoms with Crippen molar-refractivity contribution in [1.82, 2.24) is 4.90 Å². The number of benzene rings is 1. The van der Waals surface area contributed by atoms with E-state index in [-0.39, 0.29) is 5.92 Å². The quantitative estimate of drug-likeness (QED) is 0.823. The van der Waals surface area contributed by atoms with E-state index in [1.165, 1.54) is 11.1 Å². The monoisotopic (exact) mass is 259 g/mol. The fourth-order valence-corrected chi connectivity index (χ4v) is 2.80. The summed E-state index contributed by atoms with van der Waals surface area (Å²) in [6, 6.07) is 8.91. The molecule has 1 saturated heterocycles. The molecule has 0 aromatic heterocycles. The van der Waals surface area contributed by atoms with Gasteiger partial charge in [-0.3, -0.25) is 9.69 Å². The molecule has 1 aromatic carbocycles. The SMILES string of the molecule is CC(=O)C1CCCN(Cc2ccc(C(C)C)cc2)C1. The maximum absolute atomic E-state index is 11.5. The van der Waals surface area contributed by atoms with E-state index < -0.39 is 0 Å². The van der Waals surface area contributed by atoms with Crippen LogP contribution in [0.2, 0.25) is 0 Å². The zero-order chi connectivity index (χ0) is 13.8. The fraction of sp³-hybridized carbons (Fsp3) is 0.588. The molecule has 0 bridgehead atoms. The van der Waals surface area contributed by atoms with Gasteiger partial charge >= 0.3 is 0 Å². The summed E-state index contributed by atoms with van der Waals surface area (Å²) in [5.41, 5.74) is 2.75. The minimum atomic E-state index is 0.253. The number of ketones is 1. The molecule has 1 aliphatic rings. The van der Waals surface area contributed by atoms with Crippen molar-refractivity contribution in [2.75, 3.05) is 13.1 Å². The molecule has 1 heterocycles. The van der Waals surface area contributed by atoms with Gasteiger partial charge in [-0.2, -0.15) is 0 Å². The van der Waals surface area contributed by atoms with Gasteiger partial charge in [-0.05, 0) is 43.4 Å². The predicted octanol–water partition coefficient (Wildman–Crippen LogP) is 3.61. The van der Waals surface area contributed by atoms with E-state index in [1.807, 2.05) is 0 Å². The first-order valence-corrected chi connectivity index (χ1v) is 7.38. The first-order chi connectivity index (χ1) is 9.06. The van der Waals surface area contributed by atoms with Gasteiger partial charge in [0.05, 0.1) is 0 Å². The van der Waals surface area contributed by atoms with Crippen LogP contribution in [0, 0.1) is 5.92 Å². The number of rotatable bonds is 4. The molecule has 2 heteroatoms. The molecule has 19 heavy (non-hydrogen) atoms. The number of hydrogen-bond acceptors (Lipinski definition) is 2. The molecule has 1 fully saturated rings. The Kier molecular flexibility index (Phi) is 4.76. The Hall–Kier alpha value is -1.15. The number of nitrogens with zero attached hydrogens (tertiary/aromatic N) is 1. The first-order valence-electron chi connectivity index (χ1n) is 7.38. The van der Waals surface area contributed by atoms with Crippen LogP contribution in [0.1, 0.15) is 50.7 Å². The third kappa shape index (κ3) is 3.90. The number of carbonyl (C=O) groups excluding carboxylic acids is 1. The Morgan fingerprint density at radius 1 is 1.32 bits per heavy atom. The molecule has 0 radical (unpaired) electrons. The minimum absolute atomic E-state index is 0.253. The number of Topliss-reactive ketones (excluding diaryl/α,β-unsaturated/α-hetero) is 1. The number of piperidine rings is 1. The third-order valence-electron chi connectivity index (χ3n) is 4.13. The summed E-state index contributed by atoms with van der Waals surface area (Å²) in [5.74, 6) is 1.19. The second-order valence-corrected chi connectivity index (χ2v) is 6.08. The second-order valence-electron chi connectivity index (χ2n) is 6.08. The smallest absolute Gasteiger partial charge is 0.134 e. The molecule has 0 amide bonds. The van der Waals surface area contributed by atoms with E-state index in [0.29, 0.717) is 11.7 Å². The molecule has 0 spiro atoms. The van der Waals surface area contributed by atoms with Gasteiger partial charge < -0.3 is 0 Å². The van der Waals surface area contributed by atoms with Gasteiger partial charge in [0.2, 0.25) is 0 Å². The zero-order valence-electron chi connectivity index (χ0n) is 12.4. The van der Waals surface area contributed by atoms with E-state index in [1.54, 1.807) is 6.92 Å². The molecule has 1 atom stereocenters. The largest absolute Gasteiger partial charge is 0.300 e. The maximum Gasteiger partial charge on any atom is 0.134 e. The van der Waals surface area contributed by atoms with Crippen molar-refractivity contribution in [2.24, 2.45) is 5.92 Å². The van der Waals surface area contributed by atoms with Crippen molar-refractivity contribution in [3.05, 3.63) is 35.4 Å². The molecule has 1 unspecified atom stereocenters. The lowest BCUT2D eigenvalue weighted by molar-refractivity contribution is -0.122. The second kappa shape index (κ2) is 6.33. The normalized spacial score (nSPS) is 20.7. The topological polar surface area (TPSA) is 20.3 Å². The molecule has 2 rings (SSSR count). The Morgan fingerprint density at radius 2 is 2.00 bits per heavy atom. The molecule has 2 nitrogen and oxygen atoms in total. The minimum Gasteiger partial charge on any atom is -0.300 e. The summed E-state index contributed by atoms with van der Waals surface area (Å²) in [5, 5.41) is 0. The van der Waals surface area contributed by atoms with Crippen molar-refractivity contribution < 1.29 is 4.79 Å². The average molecular weight is 259 g/mol. The van der Waals surface area contributed by atoms with Crippen LogP contribution in [0.25, 0.3) is 0 Å². The summed E-state index contributed by atoms with van der Waals surface area (Å²) in [6.45, 7) is 9.19. The highest BCUT2D eigenvalue weighted by atomic mass is 16.1. The first kappa shape index (κ1) is 14.3. The highest BCUT2D eigenvalue weighted by Crippen LogP contribution is 2.20. The van der Waals surface area contributed by atoms with Crippen molar-refractivity contribution in [3.63, 3.8) is 0 Å². The van der Waals surface area contributed by atoms with E-state index >= 15 is 0 Å². The van der Waals surface area contributed by atoms with Gasteiger partial charge in [-0.15, -0.1) is 0 Å². The van der Waals surface area contributed by atoms with Crippen LogP contribution in [-0.4, -0.2) is 23.8 Å². The van der Waals surface area contributed by atoms with Crippen LogP contribution in [0.5, 0.6) is 0 Å². The lowest BCUT2D eigenvalue weighted by atomic mass is 9.94. The lowest BCUT2D eigenvalue weighted by Crippen LogP contribution is -2.37. The van der Waals surface area contributed by atoms with Crippen molar-refractivity contribution in [1.29, 1.82) is 0 Å². The highest BCUT2D eigenvalue weighted by Gasteiger charge is 2.22. The molecular formula is C17H25NO. The van der Waals surface area contributed by atoms with Crippen molar-refractivity contribution >= 4 is 5.78 Å². The molecular weight excluding hydrogens is 234 g/mol. The fourth-order valence-electron chi connectivity index (χ4n) is 2.80. The van der Waals surface area contributed by atoms with E-state index in [0.717, 1.165) is 32.5 Å². The summed E-state index contributed by atoms with van der Waals surface area (Å²) in [6.07, 6.45) is 2.21. The van der Waals surface area contributed by atoms with Crippen LogP contribution in [-0.2, 0) is 11.3 Å². The van der Waals surface area contributed by atoms with Gasteiger partial charge in [0.25, 0.3) is 0 Å². The molecule has 0 saturated carbocycles. The molecule has 104 valence electrons. The van der Waals surface area contributed by atoms with Gasteiger partial charge in [-0.1, -0.05) is 38.1 Å². The molecule has 1 aliphatic heterocycles. The van der Waals surface area contributed by atoms with Gasteiger partial charge in [-0.25, -0.2) is 0 Å². The Bertz CT molecular complexity index is 421. The summed E-state index contributed by atoms with van der Waals surface area (Å²) < 4.78 is 0. The van der Waals surface area contributed by atoms with Crippen LogP contribution in [0.3, 0.4) is 0 Å². The average Bonchev–Trinajstić information content (AvgIpc) is 2.39. The van der Waals surface area contributed by atoms with Gasteiger partial charge in [0.15, 0.2) is 0 Å². The Balaban J connectivity index is 1.95. The maximum atomic E-state index is 11.5.